The first-order chi connectivity index (χ1) is 12.0. The van der Waals surface area contributed by atoms with E-state index in [0.29, 0.717) is 25.2 Å². The number of carboxylic acid groups (broad SMARTS) is 1. The van der Waals surface area contributed by atoms with Crippen molar-refractivity contribution in [3.8, 4) is 0 Å². The Morgan fingerprint density at radius 3 is 2.80 bits per heavy atom. The molecule has 5 unspecified atom stereocenters. The Labute approximate surface area is 147 Å². The predicted octanol–water partition coefficient (Wildman–Crippen LogP) is 1.84. The van der Waals surface area contributed by atoms with Crippen molar-refractivity contribution in [2.45, 2.75) is 44.3 Å². The number of aliphatic hydroxyl groups is 2. The molecule has 2 aliphatic rings. The monoisotopic (exact) mass is 347 g/mol. The number of hydrogen-bond donors (Lipinski definition) is 3. The molecule has 2 aliphatic carbocycles. The van der Waals surface area contributed by atoms with Gasteiger partial charge in [0.15, 0.2) is 0 Å². The fraction of sp³-hybridized carbons (Fsp3) is 0.579. The van der Waals surface area contributed by atoms with Gasteiger partial charge in [-0.1, -0.05) is 35.5 Å². The van der Waals surface area contributed by atoms with Crippen LogP contribution in [0.2, 0.25) is 0 Å². The number of carbonyl (C=O) groups is 1. The van der Waals surface area contributed by atoms with Gasteiger partial charge in [0, 0.05) is 5.92 Å². The lowest BCUT2D eigenvalue weighted by Gasteiger charge is -2.35. The molecule has 0 amide bonds. The predicted molar refractivity (Wildman–Crippen MR) is 92.1 cm³/mol. The van der Waals surface area contributed by atoms with E-state index in [2.05, 4.69) is 5.16 Å². The number of rotatable bonds is 8. The highest BCUT2D eigenvalue weighted by Gasteiger charge is 2.51. The molecule has 0 aliphatic heterocycles. The smallest absolute Gasteiger partial charge is 0.344 e. The van der Waals surface area contributed by atoms with E-state index in [1.807, 2.05) is 30.3 Å². The van der Waals surface area contributed by atoms with Crippen LogP contribution >= 0.6 is 0 Å². The van der Waals surface area contributed by atoms with Crippen molar-refractivity contribution in [2.24, 2.45) is 22.9 Å². The molecule has 1 aromatic carbocycles. The molecule has 5 atom stereocenters. The van der Waals surface area contributed by atoms with E-state index >= 15 is 0 Å². The number of benzene rings is 1. The summed E-state index contributed by atoms with van der Waals surface area (Å²) in [6.07, 6.45) is 2.71. The van der Waals surface area contributed by atoms with Crippen LogP contribution in [0.15, 0.2) is 35.5 Å². The van der Waals surface area contributed by atoms with Crippen LogP contribution in [-0.2, 0) is 16.1 Å². The number of nitrogens with zero attached hydrogens (tertiary/aromatic N) is 1. The fourth-order valence-electron chi connectivity index (χ4n) is 4.16. The van der Waals surface area contributed by atoms with Gasteiger partial charge in [0.1, 0.15) is 0 Å². The van der Waals surface area contributed by atoms with Crippen LogP contribution in [0.25, 0.3) is 0 Å². The molecule has 0 aromatic heterocycles. The van der Waals surface area contributed by atoms with Crippen LogP contribution in [0.3, 0.4) is 0 Å². The average Bonchev–Trinajstić information content (AvgIpc) is 2.81. The Kier molecular flexibility index (Phi) is 5.71. The van der Waals surface area contributed by atoms with E-state index in [1.54, 1.807) is 0 Å². The lowest BCUT2D eigenvalue weighted by atomic mass is 9.70. The summed E-state index contributed by atoms with van der Waals surface area (Å²) in [5.74, 6) is -0.308. The van der Waals surface area contributed by atoms with Crippen LogP contribution in [0, 0.1) is 17.8 Å². The normalized spacial score (nSPS) is 30.6. The van der Waals surface area contributed by atoms with Crippen molar-refractivity contribution >= 4 is 11.7 Å². The Balaban J connectivity index is 1.45. The molecule has 0 spiro atoms. The van der Waals surface area contributed by atoms with Crippen LogP contribution in [0.5, 0.6) is 0 Å². The SMILES string of the molecule is O=C(O)CON=C1CC2C1CC(O)C2CCC(O)Cc1ccccc1. The molecule has 25 heavy (non-hydrogen) atoms. The van der Waals surface area contributed by atoms with E-state index in [0.717, 1.165) is 24.1 Å². The number of aliphatic hydroxyl groups excluding tert-OH is 2. The van der Waals surface area contributed by atoms with E-state index < -0.39 is 18.7 Å². The Bertz CT molecular complexity index is 618. The van der Waals surface area contributed by atoms with Crippen molar-refractivity contribution in [3.05, 3.63) is 35.9 Å². The zero-order chi connectivity index (χ0) is 17.8. The number of carboxylic acids is 1. The zero-order valence-corrected chi connectivity index (χ0v) is 14.1. The van der Waals surface area contributed by atoms with Crippen LogP contribution in [-0.4, -0.2) is 45.8 Å². The summed E-state index contributed by atoms with van der Waals surface area (Å²) in [6, 6.07) is 9.91. The number of hydrogen-bond acceptors (Lipinski definition) is 5. The maximum atomic E-state index is 10.4. The van der Waals surface area contributed by atoms with Crippen LogP contribution < -0.4 is 0 Å². The van der Waals surface area contributed by atoms with Gasteiger partial charge in [-0.05, 0) is 49.5 Å². The lowest BCUT2D eigenvalue weighted by molar-refractivity contribution is -0.142. The molecule has 3 N–H and O–H groups in total. The van der Waals surface area contributed by atoms with E-state index in [9.17, 15) is 15.0 Å². The molecule has 0 heterocycles. The summed E-state index contributed by atoms with van der Waals surface area (Å²) in [6.45, 7) is -0.432. The zero-order valence-electron chi connectivity index (χ0n) is 14.1. The summed E-state index contributed by atoms with van der Waals surface area (Å²) in [7, 11) is 0. The highest BCUT2D eigenvalue weighted by molar-refractivity contribution is 5.93. The second kappa shape index (κ2) is 7.97. The molecular formula is C19H25NO5. The Morgan fingerprint density at radius 1 is 1.32 bits per heavy atom. The second-order valence-corrected chi connectivity index (χ2v) is 7.11. The molecule has 0 saturated heterocycles. The first-order valence-electron chi connectivity index (χ1n) is 8.85. The van der Waals surface area contributed by atoms with Crippen molar-refractivity contribution in [2.75, 3.05) is 6.61 Å². The number of fused-ring (bicyclic) bond motifs is 1. The van der Waals surface area contributed by atoms with Gasteiger partial charge >= 0.3 is 5.97 Å². The average molecular weight is 347 g/mol. The first-order valence-corrected chi connectivity index (χ1v) is 8.85. The maximum Gasteiger partial charge on any atom is 0.344 e. The quantitative estimate of drug-likeness (QED) is 0.623. The third-order valence-electron chi connectivity index (χ3n) is 5.45. The molecule has 1 aromatic rings. The van der Waals surface area contributed by atoms with Gasteiger partial charge < -0.3 is 20.2 Å². The third-order valence-corrected chi connectivity index (χ3v) is 5.45. The van der Waals surface area contributed by atoms with Crippen molar-refractivity contribution in [1.82, 2.24) is 0 Å². The van der Waals surface area contributed by atoms with Gasteiger partial charge in [-0.2, -0.15) is 0 Å². The molecule has 3 rings (SSSR count). The molecule has 2 saturated carbocycles. The van der Waals surface area contributed by atoms with Gasteiger partial charge in [0.25, 0.3) is 0 Å². The number of aliphatic carboxylic acids is 1. The van der Waals surface area contributed by atoms with Gasteiger partial charge in [0.2, 0.25) is 6.61 Å². The Morgan fingerprint density at radius 2 is 2.08 bits per heavy atom. The summed E-state index contributed by atoms with van der Waals surface area (Å²) >= 11 is 0. The van der Waals surface area contributed by atoms with E-state index in [1.165, 1.54) is 0 Å². The molecule has 6 nitrogen and oxygen atoms in total. The minimum atomic E-state index is -1.04. The van der Waals surface area contributed by atoms with E-state index in [-0.39, 0.29) is 17.9 Å². The van der Waals surface area contributed by atoms with Crippen LogP contribution in [0.4, 0.5) is 0 Å². The molecule has 0 bridgehead atoms. The van der Waals surface area contributed by atoms with Gasteiger partial charge in [-0.25, -0.2) is 4.79 Å². The van der Waals surface area contributed by atoms with Gasteiger partial charge in [0.05, 0.1) is 17.9 Å². The summed E-state index contributed by atoms with van der Waals surface area (Å²) in [5.41, 5.74) is 1.98. The molecule has 2 fully saturated rings. The van der Waals surface area contributed by atoms with Crippen LogP contribution in [0.1, 0.15) is 31.2 Å². The van der Waals surface area contributed by atoms with Crippen molar-refractivity contribution in [3.63, 3.8) is 0 Å². The largest absolute Gasteiger partial charge is 0.479 e. The maximum absolute atomic E-state index is 10.4. The molecule has 0 radical (unpaired) electrons. The second-order valence-electron chi connectivity index (χ2n) is 7.11. The van der Waals surface area contributed by atoms with Crippen molar-refractivity contribution < 1.29 is 25.0 Å². The van der Waals surface area contributed by atoms with Gasteiger partial charge in [-0.15, -0.1) is 0 Å². The molecule has 6 heteroatoms. The molecular weight excluding hydrogens is 322 g/mol. The van der Waals surface area contributed by atoms with Gasteiger partial charge in [-0.3, -0.25) is 0 Å². The number of oxime groups is 1. The summed E-state index contributed by atoms with van der Waals surface area (Å²) in [5, 5.41) is 33.1. The van der Waals surface area contributed by atoms with Crippen molar-refractivity contribution in [1.29, 1.82) is 0 Å². The Hall–Kier alpha value is -1.92. The standard InChI is InChI=1S/C19H25NO5/c21-13(8-12-4-2-1-3-5-12)6-7-14-15-9-17(16(15)10-18(14)22)20-25-11-19(23)24/h1-5,13-16,18,21-22H,6-11H2,(H,23,24). The minimum Gasteiger partial charge on any atom is -0.479 e. The fourth-order valence-corrected chi connectivity index (χ4v) is 4.16. The third kappa shape index (κ3) is 4.38. The summed E-state index contributed by atoms with van der Waals surface area (Å²) < 4.78 is 0. The first kappa shape index (κ1) is 17.9. The topological polar surface area (TPSA) is 99.4 Å². The minimum absolute atomic E-state index is 0.175. The van der Waals surface area contributed by atoms with E-state index in [4.69, 9.17) is 9.94 Å². The molecule has 136 valence electrons. The summed E-state index contributed by atoms with van der Waals surface area (Å²) in [4.78, 5) is 15.3. The highest BCUT2D eigenvalue weighted by atomic mass is 16.6. The lowest BCUT2D eigenvalue weighted by Crippen LogP contribution is -2.37. The highest BCUT2D eigenvalue weighted by Crippen LogP contribution is 2.50.